The van der Waals surface area contributed by atoms with E-state index in [0.29, 0.717) is 29.6 Å². The Morgan fingerprint density at radius 3 is 2.69 bits per heavy atom. The molecule has 0 aliphatic carbocycles. The third kappa shape index (κ3) is 5.09. The molecule has 3 aromatic rings. The lowest BCUT2D eigenvalue weighted by molar-refractivity contribution is -0.132. The molecule has 0 saturated heterocycles. The molecular weight excluding hydrogens is 432 g/mol. The summed E-state index contributed by atoms with van der Waals surface area (Å²) < 4.78 is 2.30. The van der Waals surface area contributed by atoms with E-state index in [2.05, 4.69) is 27.0 Å². The Labute approximate surface area is 177 Å². The highest BCUT2D eigenvalue weighted by atomic mass is 79.9. The van der Waals surface area contributed by atoms with Gasteiger partial charge in [0.25, 0.3) is 5.56 Å². The molecule has 29 heavy (non-hydrogen) atoms. The molecule has 0 unspecified atom stereocenters. The Balaban J connectivity index is 1.71. The fourth-order valence-corrected chi connectivity index (χ4v) is 3.49. The topological polar surface area (TPSA) is 79.0 Å². The van der Waals surface area contributed by atoms with Gasteiger partial charge in [-0.1, -0.05) is 35.0 Å². The van der Waals surface area contributed by atoms with Crippen molar-refractivity contribution in [3.8, 4) is 6.07 Å². The van der Waals surface area contributed by atoms with Crippen LogP contribution < -0.4 is 5.56 Å². The lowest BCUT2D eigenvalue weighted by Gasteiger charge is -2.22. The van der Waals surface area contributed by atoms with Crippen molar-refractivity contribution in [1.82, 2.24) is 14.5 Å². The van der Waals surface area contributed by atoms with Crippen molar-refractivity contribution in [2.75, 3.05) is 6.54 Å². The number of rotatable bonds is 7. The van der Waals surface area contributed by atoms with Gasteiger partial charge in [-0.15, -0.1) is 0 Å². The van der Waals surface area contributed by atoms with Gasteiger partial charge in [0.05, 0.1) is 28.9 Å². The van der Waals surface area contributed by atoms with Crippen LogP contribution in [0.4, 0.5) is 0 Å². The van der Waals surface area contributed by atoms with E-state index < -0.39 is 0 Å². The highest BCUT2D eigenvalue weighted by Crippen LogP contribution is 2.15. The first-order chi connectivity index (χ1) is 14.0. The zero-order valence-corrected chi connectivity index (χ0v) is 17.7. The van der Waals surface area contributed by atoms with E-state index in [1.807, 2.05) is 25.1 Å². The number of benzene rings is 2. The minimum absolute atomic E-state index is 0.0163. The van der Waals surface area contributed by atoms with Gasteiger partial charge in [0, 0.05) is 30.5 Å². The second-order valence-corrected chi connectivity index (χ2v) is 7.69. The minimum Gasteiger partial charge on any atom is -0.338 e. The fraction of sp³-hybridized carbons (Fsp3) is 0.273. The lowest BCUT2D eigenvalue weighted by atomic mass is 10.1. The first kappa shape index (κ1) is 20.7. The summed E-state index contributed by atoms with van der Waals surface area (Å²) in [6.45, 7) is 3.42. The maximum atomic E-state index is 12.8. The van der Waals surface area contributed by atoms with Gasteiger partial charge in [-0.05, 0) is 42.3 Å². The highest BCUT2D eigenvalue weighted by molar-refractivity contribution is 9.10. The quantitative estimate of drug-likeness (QED) is 0.544. The van der Waals surface area contributed by atoms with Gasteiger partial charge in [0.2, 0.25) is 5.91 Å². The van der Waals surface area contributed by atoms with E-state index in [-0.39, 0.29) is 24.4 Å². The van der Waals surface area contributed by atoms with Crippen molar-refractivity contribution in [3.63, 3.8) is 0 Å². The number of aromatic nitrogens is 2. The number of nitriles is 1. The van der Waals surface area contributed by atoms with Crippen LogP contribution in [0.25, 0.3) is 10.9 Å². The number of nitrogens with zero attached hydrogens (tertiary/aromatic N) is 4. The van der Waals surface area contributed by atoms with Crippen molar-refractivity contribution >= 4 is 32.7 Å². The van der Waals surface area contributed by atoms with Crippen LogP contribution in [0.3, 0.4) is 0 Å². The second kappa shape index (κ2) is 9.48. The van der Waals surface area contributed by atoms with Crippen molar-refractivity contribution < 1.29 is 4.79 Å². The maximum absolute atomic E-state index is 12.8. The molecule has 0 N–H and O–H groups in total. The molecule has 0 radical (unpaired) electrons. The van der Waals surface area contributed by atoms with Gasteiger partial charge in [-0.2, -0.15) is 5.26 Å². The van der Waals surface area contributed by atoms with E-state index in [1.54, 1.807) is 29.2 Å². The number of halogens is 1. The van der Waals surface area contributed by atoms with Gasteiger partial charge in [0.1, 0.15) is 0 Å². The predicted molar refractivity (Wildman–Crippen MR) is 115 cm³/mol. The molecule has 7 heteroatoms. The van der Waals surface area contributed by atoms with Gasteiger partial charge < -0.3 is 4.90 Å². The zero-order valence-electron chi connectivity index (χ0n) is 16.1. The predicted octanol–water partition coefficient (Wildman–Crippen LogP) is 3.86. The molecular formula is C22H21BrN4O2. The average Bonchev–Trinajstić information content (AvgIpc) is 2.73. The summed E-state index contributed by atoms with van der Waals surface area (Å²) >= 11 is 3.38. The molecule has 1 heterocycles. The summed E-state index contributed by atoms with van der Waals surface area (Å²) in [6, 6.07) is 14.7. The summed E-state index contributed by atoms with van der Waals surface area (Å²) in [5.74, 6) is -0.0163. The van der Waals surface area contributed by atoms with E-state index >= 15 is 0 Å². The van der Waals surface area contributed by atoms with Gasteiger partial charge in [-0.3, -0.25) is 14.2 Å². The molecule has 6 nitrogen and oxygen atoms in total. The largest absolute Gasteiger partial charge is 0.338 e. The van der Waals surface area contributed by atoms with Crippen LogP contribution in [0.5, 0.6) is 0 Å². The van der Waals surface area contributed by atoms with Crippen LogP contribution >= 0.6 is 15.9 Å². The summed E-state index contributed by atoms with van der Waals surface area (Å²) in [4.78, 5) is 31.6. The number of hydrogen-bond acceptors (Lipinski definition) is 4. The molecule has 1 amide bonds. The highest BCUT2D eigenvalue weighted by Gasteiger charge is 2.14. The zero-order chi connectivity index (χ0) is 20.8. The number of carbonyl (C=O) groups excluding carboxylic acids is 1. The molecule has 2 aromatic carbocycles. The molecule has 0 aliphatic rings. The van der Waals surface area contributed by atoms with Crippen LogP contribution in [0.1, 0.15) is 30.9 Å². The lowest BCUT2D eigenvalue weighted by Crippen LogP contribution is -2.33. The van der Waals surface area contributed by atoms with Gasteiger partial charge in [0.15, 0.2) is 0 Å². The van der Waals surface area contributed by atoms with Crippen LogP contribution in [0.15, 0.2) is 58.1 Å². The van der Waals surface area contributed by atoms with Crippen molar-refractivity contribution in [2.45, 2.75) is 32.9 Å². The van der Waals surface area contributed by atoms with E-state index in [0.717, 1.165) is 16.5 Å². The molecule has 1 aromatic heterocycles. The van der Waals surface area contributed by atoms with Crippen LogP contribution in [0, 0.1) is 11.3 Å². The summed E-state index contributed by atoms with van der Waals surface area (Å²) in [6.07, 6.45) is 2.56. The Hall–Kier alpha value is -2.98. The SMILES string of the molecule is CCCN(Cc1ccc(C#N)cc1)C(=O)CCn1cnc2ccc(Br)cc2c1=O. The first-order valence-corrected chi connectivity index (χ1v) is 10.2. The number of hydrogen-bond donors (Lipinski definition) is 0. The van der Waals surface area contributed by atoms with Crippen LogP contribution in [-0.4, -0.2) is 26.9 Å². The number of fused-ring (bicyclic) bond motifs is 1. The molecule has 3 rings (SSSR count). The Morgan fingerprint density at radius 1 is 1.24 bits per heavy atom. The van der Waals surface area contributed by atoms with E-state index in [4.69, 9.17) is 5.26 Å². The molecule has 148 valence electrons. The number of carbonyl (C=O) groups is 1. The van der Waals surface area contributed by atoms with Crippen LogP contribution in [0.2, 0.25) is 0 Å². The maximum Gasteiger partial charge on any atom is 0.261 e. The Morgan fingerprint density at radius 2 is 2.00 bits per heavy atom. The number of amides is 1. The fourth-order valence-electron chi connectivity index (χ4n) is 3.13. The standard InChI is InChI=1S/C22H21BrN4O2/c1-2-10-26(14-17-5-3-16(13-24)4-6-17)21(28)9-11-27-15-25-20-8-7-18(23)12-19(20)22(27)29/h3-8,12,15H,2,9-11,14H2,1H3. The molecule has 0 atom stereocenters. The van der Waals surface area contributed by atoms with Crippen molar-refractivity contribution in [1.29, 1.82) is 5.26 Å². The summed E-state index contributed by atoms with van der Waals surface area (Å²) in [7, 11) is 0. The van der Waals surface area contributed by atoms with Crippen LogP contribution in [-0.2, 0) is 17.9 Å². The van der Waals surface area contributed by atoms with Gasteiger partial charge >= 0.3 is 0 Å². The average molecular weight is 453 g/mol. The minimum atomic E-state index is -0.154. The molecule has 0 aliphatic heterocycles. The van der Waals surface area contributed by atoms with E-state index in [9.17, 15) is 9.59 Å². The Bertz CT molecular complexity index is 1120. The third-order valence-electron chi connectivity index (χ3n) is 4.66. The monoisotopic (exact) mass is 452 g/mol. The van der Waals surface area contributed by atoms with E-state index in [1.165, 1.54) is 10.9 Å². The molecule has 0 saturated carbocycles. The molecule has 0 fully saturated rings. The molecule has 0 bridgehead atoms. The number of aryl methyl sites for hydroxylation is 1. The van der Waals surface area contributed by atoms with Crippen molar-refractivity contribution in [2.24, 2.45) is 0 Å². The normalized spacial score (nSPS) is 10.7. The summed E-state index contributed by atoms with van der Waals surface area (Å²) in [5, 5.41) is 9.44. The molecule has 0 spiro atoms. The van der Waals surface area contributed by atoms with Gasteiger partial charge in [-0.25, -0.2) is 4.98 Å². The summed E-state index contributed by atoms with van der Waals surface area (Å²) in [5.41, 5.74) is 2.05. The first-order valence-electron chi connectivity index (χ1n) is 9.43. The smallest absolute Gasteiger partial charge is 0.261 e. The Kier molecular flexibility index (Phi) is 6.78. The van der Waals surface area contributed by atoms with Crippen molar-refractivity contribution in [3.05, 3.63) is 74.7 Å². The second-order valence-electron chi connectivity index (χ2n) is 6.78. The third-order valence-corrected chi connectivity index (χ3v) is 5.15.